The largest absolute Gasteiger partial charge is 0.394 e. The normalized spacial score (nSPS) is 11.5. The number of hydrogen-bond acceptors (Lipinski definition) is 3. The van der Waals surface area contributed by atoms with Crippen LogP contribution in [-0.2, 0) is 4.79 Å². The molecular weight excluding hydrogens is 206 g/mol. The lowest BCUT2D eigenvalue weighted by atomic mass is 10.0. The molecule has 0 saturated carbocycles. The average molecular weight is 231 g/mol. The Kier molecular flexibility index (Phi) is 8.21. The molecule has 0 aromatic carbocycles. The lowest BCUT2D eigenvalue weighted by Gasteiger charge is -2.26. The minimum Gasteiger partial charge on any atom is -0.394 e. The summed E-state index contributed by atoms with van der Waals surface area (Å²) in [7, 11) is 0. The summed E-state index contributed by atoms with van der Waals surface area (Å²) >= 11 is 0. The van der Waals surface area contributed by atoms with Crippen molar-refractivity contribution in [3.8, 4) is 0 Å². The standard InChI is InChI=1S/C12H25NO3/c1-3-4-5-6-7-8-11(16)13-12(2,9-14)10-15/h14-15H,3-10H2,1-2H3,(H,13,16). The van der Waals surface area contributed by atoms with E-state index in [0.29, 0.717) is 6.42 Å². The number of aliphatic hydroxyl groups is 2. The van der Waals surface area contributed by atoms with Crippen LogP contribution in [0.2, 0.25) is 0 Å². The van der Waals surface area contributed by atoms with Crippen molar-refractivity contribution >= 4 is 5.91 Å². The first-order valence-electron chi connectivity index (χ1n) is 6.10. The Morgan fingerprint density at radius 3 is 2.19 bits per heavy atom. The summed E-state index contributed by atoms with van der Waals surface area (Å²) in [6.45, 7) is 3.29. The van der Waals surface area contributed by atoms with Gasteiger partial charge in [-0.2, -0.15) is 0 Å². The van der Waals surface area contributed by atoms with Gasteiger partial charge in [0.15, 0.2) is 0 Å². The van der Waals surface area contributed by atoms with Gasteiger partial charge in [0.1, 0.15) is 0 Å². The van der Waals surface area contributed by atoms with Crippen molar-refractivity contribution in [1.29, 1.82) is 0 Å². The van der Waals surface area contributed by atoms with Crippen LogP contribution in [-0.4, -0.2) is 34.9 Å². The number of aliphatic hydroxyl groups excluding tert-OH is 2. The average Bonchev–Trinajstić information content (AvgIpc) is 2.28. The molecule has 0 atom stereocenters. The summed E-state index contributed by atoms with van der Waals surface area (Å²) in [6.07, 6.45) is 5.99. The third-order valence-electron chi connectivity index (χ3n) is 2.65. The zero-order valence-corrected chi connectivity index (χ0v) is 10.5. The Morgan fingerprint density at radius 2 is 1.69 bits per heavy atom. The van der Waals surface area contributed by atoms with Crippen molar-refractivity contribution in [3.63, 3.8) is 0 Å². The maximum atomic E-state index is 11.5. The van der Waals surface area contributed by atoms with E-state index in [1.165, 1.54) is 19.3 Å². The van der Waals surface area contributed by atoms with E-state index in [9.17, 15) is 4.79 Å². The second kappa shape index (κ2) is 8.53. The van der Waals surface area contributed by atoms with E-state index in [0.717, 1.165) is 12.8 Å². The molecule has 0 saturated heterocycles. The van der Waals surface area contributed by atoms with Crippen LogP contribution in [0.25, 0.3) is 0 Å². The first kappa shape index (κ1) is 15.4. The smallest absolute Gasteiger partial charge is 0.220 e. The Morgan fingerprint density at radius 1 is 1.12 bits per heavy atom. The van der Waals surface area contributed by atoms with Gasteiger partial charge in [-0.3, -0.25) is 4.79 Å². The summed E-state index contributed by atoms with van der Waals surface area (Å²) in [5.74, 6) is -0.0953. The van der Waals surface area contributed by atoms with E-state index >= 15 is 0 Å². The number of unbranched alkanes of at least 4 members (excludes halogenated alkanes) is 4. The molecule has 16 heavy (non-hydrogen) atoms. The predicted octanol–water partition coefficient (Wildman–Crippen LogP) is 1.21. The van der Waals surface area contributed by atoms with Crippen LogP contribution >= 0.6 is 0 Å². The van der Waals surface area contributed by atoms with E-state index in [2.05, 4.69) is 12.2 Å². The molecular formula is C12H25NO3. The quantitative estimate of drug-likeness (QED) is 0.522. The highest BCUT2D eigenvalue weighted by Gasteiger charge is 2.23. The molecule has 96 valence electrons. The Bertz CT molecular complexity index is 191. The summed E-state index contributed by atoms with van der Waals surface area (Å²) in [6, 6.07) is 0. The van der Waals surface area contributed by atoms with Crippen molar-refractivity contribution in [1.82, 2.24) is 5.32 Å². The molecule has 0 fully saturated rings. The van der Waals surface area contributed by atoms with Crippen LogP contribution in [0.3, 0.4) is 0 Å². The Balaban J connectivity index is 3.65. The molecule has 4 nitrogen and oxygen atoms in total. The van der Waals surface area contributed by atoms with Gasteiger partial charge in [0.25, 0.3) is 0 Å². The topological polar surface area (TPSA) is 69.6 Å². The van der Waals surface area contributed by atoms with Crippen molar-refractivity contribution in [2.24, 2.45) is 0 Å². The zero-order valence-electron chi connectivity index (χ0n) is 10.5. The summed E-state index contributed by atoms with van der Waals surface area (Å²) in [5.41, 5.74) is -0.888. The molecule has 1 amide bonds. The first-order valence-corrected chi connectivity index (χ1v) is 6.10. The first-order chi connectivity index (χ1) is 7.58. The fourth-order valence-corrected chi connectivity index (χ4v) is 1.42. The zero-order chi connectivity index (χ0) is 12.4. The SMILES string of the molecule is CCCCCCCC(=O)NC(C)(CO)CO. The van der Waals surface area contributed by atoms with E-state index < -0.39 is 5.54 Å². The van der Waals surface area contributed by atoms with Gasteiger partial charge in [0, 0.05) is 6.42 Å². The second-order valence-electron chi connectivity index (χ2n) is 4.59. The van der Waals surface area contributed by atoms with Gasteiger partial charge in [-0.05, 0) is 13.3 Å². The monoisotopic (exact) mass is 231 g/mol. The molecule has 0 aliphatic rings. The lowest BCUT2D eigenvalue weighted by Crippen LogP contribution is -2.51. The van der Waals surface area contributed by atoms with Crippen LogP contribution in [0.1, 0.15) is 52.4 Å². The summed E-state index contributed by atoms with van der Waals surface area (Å²) in [5, 5.41) is 20.6. The van der Waals surface area contributed by atoms with Gasteiger partial charge in [-0.1, -0.05) is 32.6 Å². The molecule has 0 radical (unpaired) electrons. The molecule has 0 aromatic heterocycles. The van der Waals surface area contributed by atoms with E-state index in [4.69, 9.17) is 10.2 Å². The van der Waals surface area contributed by atoms with Gasteiger partial charge >= 0.3 is 0 Å². The molecule has 3 N–H and O–H groups in total. The number of carbonyl (C=O) groups excluding carboxylic acids is 1. The molecule has 0 aromatic rings. The molecule has 0 heterocycles. The summed E-state index contributed by atoms with van der Waals surface area (Å²) in [4.78, 5) is 11.5. The van der Waals surface area contributed by atoms with Gasteiger partial charge < -0.3 is 15.5 Å². The van der Waals surface area contributed by atoms with Gasteiger partial charge in [-0.25, -0.2) is 0 Å². The third kappa shape index (κ3) is 6.80. The molecule has 4 heteroatoms. The lowest BCUT2D eigenvalue weighted by molar-refractivity contribution is -0.124. The second-order valence-corrected chi connectivity index (χ2v) is 4.59. The number of nitrogens with one attached hydrogen (secondary N) is 1. The minimum atomic E-state index is -0.888. The highest BCUT2D eigenvalue weighted by atomic mass is 16.3. The number of carbonyl (C=O) groups is 1. The molecule has 0 unspecified atom stereocenters. The maximum Gasteiger partial charge on any atom is 0.220 e. The fraction of sp³-hybridized carbons (Fsp3) is 0.917. The van der Waals surface area contributed by atoms with Crippen LogP contribution in [0, 0.1) is 0 Å². The Labute approximate surface area is 98.1 Å². The molecule has 0 aliphatic carbocycles. The van der Waals surface area contributed by atoms with Crippen LogP contribution in [0.4, 0.5) is 0 Å². The van der Waals surface area contributed by atoms with Crippen molar-refractivity contribution in [2.45, 2.75) is 57.9 Å². The number of rotatable bonds is 9. The van der Waals surface area contributed by atoms with Gasteiger partial charge in [0.2, 0.25) is 5.91 Å². The fourth-order valence-electron chi connectivity index (χ4n) is 1.42. The Hall–Kier alpha value is -0.610. The molecule has 0 spiro atoms. The third-order valence-corrected chi connectivity index (χ3v) is 2.65. The van der Waals surface area contributed by atoms with E-state index in [1.54, 1.807) is 6.92 Å². The molecule has 0 rings (SSSR count). The van der Waals surface area contributed by atoms with Crippen LogP contribution < -0.4 is 5.32 Å². The highest BCUT2D eigenvalue weighted by molar-refractivity contribution is 5.76. The predicted molar refractivity (Wildman–Crippen MR) is 64.1 cm³/mol. The van der Waals surface area contributed by atoms with Crippen LogP contribution in [0.15, 0.2) is 0 Å². The van der Waals surface area contributed by atoms with Gasteiger partial charge in [-0.15, -0.1) is 0 Å². The molecule has 0 bridgehead atoms. The number of amides is 1. The van der Waals surface area contributed by atoms with E-state index in [1.807, 2.05) is 0 Å². The number of hydrogen-bond donors (Lipinski definition) is 3. The van der Waals surface area contributed by atoms with Crippen LogP contribution in [0.5, 0.6) is 0 Å². The van der Waals surface area contributed by atoms with E-state index in [-0.39, 0.29) is 19.1 Å². The van der Waals surface area contributed by atoms with Crippen molar-refractivity contribution < 1.29 is 15.0 Å². The summed E-state index contributed by atoms with van der Waals surface area (Å²) < 4.78 is 0. The molecule has 0 aliphatic heterocycles. The van der Waals surface area contributed by atoms with Gasteiger partial charge in [0.05, 0.1) is 18.8 Å². The maximum absolute atomic E-state index is 11.5. The highest BCUT2D eigenvalue weighted by Crippen LogP contribution is 2.06. The minimum absolute atomic E-state index is 0.0953. The van der Waals surface area contributed by atoms with Crippen molar-refractivity contribution in [3.05, 3.63) is 0 Å². The van der Waals surface area contributed by atoms with Crippen molar-refractivity contribution in [2.75, 3.05) is 13.2 Å².